The molecule has 2 aliphatic rings. The van der Waals surface area contributed by atoms with E-state index < -0.39 is 0 Å². The van der Waals surface area contributed by atoms with Crippen LogP contribution in [0.1, 0.15) is 24.0 Å². The average molecular weight is 394 g/mol. The van der Waals surface area contributed by atoms with Gasteiger partial charge in [-0.15, -0.1) is 0 Å². The summed E-state index contributed by atoms with van der Waals surface area (Å²) in [5.41, 5.74) is 2.89. The number of hydrogen-bond donors (Lipinski definition) is 1. The van der Waals surface area contributed by atoms with E-state index in [0.717, 1.165) is 42.0 Å². The third kappa shape index (κ3) is 2.71. The van der Waals surface area contributed by atoms with Crippen LogP contribution in [0.3, 0.4) is 0 Å². The molecule has 3 aromatic rings. The maximum absolute atomic E-state index is 5.64. The highest BCUT2D eigenvalue weighted by Crippen LogP contribution is 2.44. The Morgan fingerprint density at radius 3 is 1.69 bits per heavy atom. The Bertz CT molecular complexity index is 1020. The van der Waals surface area contributed by atoms with Gasteiger partial charge in [0.2, 0.25) is 0 Å². The Labute approximate surface area is 171 Å². The van der Waals surface area contributed by atoms with Crippen LogP contribution >= 0.6 is 0 Å². The maximum Gasteiger partial charge on any atom is 0.161 e. The lowest BCUT2D eigenvalue weighted by molar-refractivity contribution is -0.927. The molecule has 5 rings (SSSR count). The molecule has 5 heteroatoms. The van der Waals surface area contributed by atoms with Crippen LogP contribution in [0, 0.1) is 0 Å². The Kier molecular flexibility index (Phi) is 4.43. The van der Waals surface area contributed by atoms with Crippen molar-refractivity contribution < 1.29 is 23.8 Å². The van der Waals surface area contributed by atoms with E-state index in [4.69, 9.17) is 18.9 Å². The van der Waals surface area contributed by atoms with Crippen molar-refractivity contribution in [3.05, 3.63) is 35.4 Å². The fraction of sp³-hybridized carbons (Fsp3) is 0.417. The van der Waals surface area contributed by atoms with Gasteiger partial charge in [0.25, 0.3) is 0 Å². The molecule has 152 valence electrons. The van der Waals surface area contributed by atoms with Crippen molar-refractivity contribution in [1.82, 2.24) is 0 Å². The second kappa shape index (κ2) is 6.99. The lowest BCUT2D eigenvalue weighted by Crippen LogP contribution is -3.13. The minimum Gasteiger partial charge on any atom is -0.493 e. The summed E-state index contributed by atoms with van der Waals surface area (Å²) in [4.78, 5) is 1.72. The number of rotatable bonds is 4. The molecule has 0 amide bonds. The second-order valence-corrected chi connectivity index (χ2v) is 8.09. The first-order valence-corrected chi connectivity index (χ1v) is 10.3. The molecule has 2 aliphatic heterocycles. The summed E-state index contributed by atoms with van der Waals surface area (Å²) >= 11 is 0. The smallest absolute Gasteiger partial charge is 0.161 e. The average Bonchev–Trinajstić information content (AvgIpc) is 3.23. The van der Waals surface area contributed by atoms with Crippen LogP contribution in [-0.2, 0) is 13.0 Å². The molecule has 0 radical (unpaired) electrons. The van der Waals surface area contributed by atoms with Crippen LogP contribution in [0.5, 0.6) is 23.0 Å². The number of methoxy groups -OCH3 is 4. The van der Waals surface area contributed by atoms with Crippen LogP contribution in [0.25, 0.3) is 21.5 Å². The van der Waals surface area contributed by atoms with Crippen molar-refractivity contribution >= 4 is 21.5 Å². The summed E-state index contributed by atoms with van der Waals surface area (Å²) < 4.78 is 22.5. The van der Waals surface area contributed by atoms with Crippen molar-refractivity contribution in [3.8, 4) is 23.0 Å². The zero-order chi connectivity index (χ0) is 20.1. The van der Waals surface area contributed by atoms with Gasteiger partial charge < -0.3 is 23.8 Å². The lowest BCUT2D eigenvalue weighted by Gasteiger charge is -2.31. The van der Waals surface area contributed by atoms with Crippen molar-refractivity contribution in [2.24, 2.45) is 0 Å². The number of quaternary nitrogens is 1. The Hall–Kier alpha value is -2.66. The Balaban J connectivity index is 1.90. The van der Waals surface area contributed by atoms with Gasteiger partial charge in [0.05, 0.1) is 41.0 Å². The summed E-state index contributed by atoms with van der Waals surface area (Å²) in [6.45, 7) is 2.33. The second-order valence-electron chi connectivity index (χ2n) is 8.09. The van der Waals surface area contributed by atoms with Gasteiger partial charge >= 0.3 is 0 Å². The van der Waals surface area contributed by atoms with Gasteiger partial charge in [-0.25, -0.2) is 0 Å². The quantitative estimate of drug-likeness (QED) is 0.691. The molecule has 5 nitrogen and oxygen atoms in total. The van der Waals surface area contributed by atoms with E-state index >= 15 is 0 Å². The molecular formula is C24H28NO4+. The van der Waals surface area contributed by atoms with Gasteiger partial charge in [-0.1, -0.05) is 0 Å². The van der Waals surface area contributed by atoms with Crippen molar-refractivity contribution in [3.63, 3.8) is 0 Å². The molecule has 0 spiro atoms. The molecule has 2 heterocycles. The lowest BCUT2D eigenvalue weighted by atomic mass is 9.85. The first kappa shape index (κ1) is 18.4. The van der Waals surface area contributed by atoms with E-state index in [1.165, 1.54) is 52.1 Å². The molecule has 1 saturated heterocycles. The van der Waals surface area contributed by atoms with Crippen molar-refractivity contribution in [2.45, 2.75) is 31.8 Å². The fourth-order valence-corrected chi connectivity index (χ4v) is 5.40. The number of fused-ring (bicyclic) bond motifs is 7. The molecule has 0 aromatic heterocycles. The zero-order valence-electron chi connectivity index (χ0n) is 17.6. The Morgan fingerprint density at radius 2 is 1.17 bits per heavy atom. The highest BCUT2D eigenvalue weighted by Gasteiger charge is 2.36. The minimum absolute atomic E-state index is 0.719. The molecule has 0 bridgehead atoms. The number of benzene rings is 3. The first-order valence-electron chi connectivity index (χ1n) is 10.3. The molecule has 0 saturated carbocycles. The summed E-state index contributed by atoms with van der Waals surface area (Å²) in [6, 6.07) is 9.24. The molecule has 1 fully saturated rings. The first-order chi connectivity index (χ1) is 14.2. The monoisotopic (exact) mass is 394 g/mol. The molecule has 2 atom stereocenters. The molecule has 29 heavy (non-hydrogen) atoms. The van der Waals surface area contributed by atoms with E-state index in [9.17, 15) is 0 Å². The molecule has 3 aromatic carbocycles. The molecular weight excluding hydrogens is 366 g/mol. The van der Waals surface area contributed by atoms with Crippen molar-refractivity contribution in [2.75, 3.05) is 35.0 Å². The topological polar surface area (TPSA) is 41.4 Å². The molecule has 2 unspecified atom stereocenters. The van der Waals surface area contributed by atoms with Crippen molar-refractivity contribution in [1.29, 1.82) is 0 Å². The van der Waals surface area contributed by atoms with Gasteiger partial charge in [0.1, 0.15) is 6.54 Å². The number of nitrogens with one attached hydrogen (secondary N) is 1. The maximum atomic E-state index is 5.64. The number of ether oxygens (including phenoxy) is 4. The third-order valence-electron chi connectivity index (χ3n) is 6.83. The molecule has 1 N–H and O–H groups in total. The van der Waals surface area contributed by atoms with Crippen LogP contribution in [0.4, 0.5) is 0 Å². The zero-order valence-corrected chi connectivity index (χ0v) is 17.6. The van der Waals surface area contributed by atoms with Gasteiger partial charge in [-0.3, -0.25) is 0 Å². The van der Waals surface area contributed by atoms with Crippen LogP contribution < -0.4 is 23.8 Å². The summed E-state index contributed by atoms with van der Waals surface area (Å²) in [6.07, 6.45) is 3.74. The SMILES string of the molecule is COc1cc2c3c(c4cc(OC)c(OC)cc4c2cc1OC)C[NH+]1CCCC1C3. The third-order valence-corrected chi connectivity index (χ3v) is 6.83. The predicted molar refractivity (Wildman–Crippen MR) is 114 cm³/mol. The van der Waals surface area contributed by atoms with E-state index in [2.05, 4.69) is 24.3 Å². The summed E-state index contributed by atoms with van der Waals surface area (Å²) in [7, 11) is 6.78. The van der Waals surface area contributed by atoms with Gasteiger partial charge in [-0.05, 0) is 51.4 Å². The van der Waals surface area contributed by atoms with E-state index in [1.54, 1.807) is 33.3 Å². The molecule has 0 aliphatic carbocycles. The summed E-state index contributed by atoms with van der Waals surface area (Å²) in [5, 5.41) is 4.88. The van der Waals surface area contributed by atoms with E-state index in [-0.39, 0.29) is 0 Å². The van der Waals surface area contributed by atoms with Gasteiger partial charge in [-0.2, -0.15) is 0 Å². The van der Waals surface area contributed by atoms with Gasteiger partial charge in [0.15, 0.2) is 23.0 Å². The largest absolute Gasteiger partial charge is 0.493 e. The minimum atomic E-state index is 0.719. The van der Waals surface area contributed by atoms with Crippen LogP contribution in [0.15, 0.2) is 24.3 Å². The van der Waals surface area contributed by atoms with Gasteiger partial charge in [0, 0.05) is 24.8 Å². The predicted octanol–water partition coefficient (Wildman–Crippen LogP) is 3.13. The van der Waals surface area contributed by atoms with E-state index in [1.807, 2.05) is 0 Å². The Morgan fingerprint density at radius 1 is 0.690 bits per heavy atom. The highest BCUT2D eigenvalue weighted by atomic mass is 16.5. The van der Waals surface area contributed by atoms with E-state index in [0.29, 0.717) is 0 Å². The summed E-state index contributed by atoms with van der Waals surface area (Å²) in [5.74, 6) is 3.06. The normalized spacial score (nSPS) is 20.4. The highest BCUT2D eigenvalue weighted by molar-refractivity contribution is 6.12. The standard InChI is InChI=1S/C24H27NO4/c1-26-21-9-16-15-8-14-6-5-7-25(14)13-20(15)19-12-24(29-4)23(28-3)11-18(19)17(16)10-22(21)27-2/h9-12,14H,5-8,13H2,1-4H3/p+1. The number of hydrogen-bond acceptors (Lipinski definition) is 4. The van der Waals surface area contributed by atoms with Crippen LogP contribution in [0.2, 0.25) is 0 Å². The van der Waals surface area contributed by atoms with Crippen LogP contribution in [-0.4, -0.2) is 41.0 Å². The fourth-order valence-electron chi connectivity index (χ4n) is 5.40.